The van der Waals surface area contributed by atoms with E-state index in [0.29, 0.717) is 6.04 Å². The Morgan fingerprint density at radius 1 is 1.43 bits per heavy atom. The van der Waals surface area contributed by atoms with Crippen LogP contribution in [-0.4, -0.2) is 47.5 Å². The second kappa shape index (κ2) is 9.30. The molecule has 0 aliphatic carbocycles. The van der Waals surface area contributed by atoms with Gasteiger partial charge in [-0.2, -0.15) is 11.8 Å². The van der Waals surface area contributed by atoms with Crippen molar-refractivity contribution in [1.29, 1.82) is 0 Å². The number of nitrogens with one attached hydrogen (secondary N) is 1. The van der Waals surface area contributed by atoms with E-state index in [4.69, 9.17) is 5.73 Å². The lowest BCUT2D eigenvalue weighted by molar-refractivity contribution is -0.123. The van der Waals surface area contributed by atoms with Crippen molar-refractivity contribution in [2.75, 3.05) is 18.6 Å². The maximum Gasteiger partial charge on any atom is 0.237 e. The number of hydrogen-bond donors (Lipinski definition) is 2. The van der Waals surface area contributed by atoms with E-state index in [1.165, 1.54) is 5.56 Å². The maximum atomic E-state index is 12.1. The van der Waals surface area contributed by atoms with Crippen LogP contribution in [-0.2, 0) is 11.3 Å². The first kappa shape index (κ1) is 18.3. The van der Waals surface area contributed by atoms with Crippen LogP contribution in [0.1, 0.15) is 31.7 Å². The van der Waals surface area contributed by atoms with Crippen molar-refractivity contribution < 1.29 is 4.79 Å². The summed E-state index contributed by atoms with van der Waals surface area (Å²) in [5.41, 5.74) is 7.30. The maximum absolute atomic E-state index is 12.1. The third-order valence-electron chi connectivity index (χ3n) is 4.56. The highest BCUT2D eigenvalue weighted by molar-refractivity contribution is 7.98. The number of nitrogens with zero attached hydrogens (tertiary/aromatic N) is 1. The van der Waals surface area contributed by atoms with Crippen molar-refractivity contribution >= 4 is 17.7 Å². The third kappa shape index (κ3) is 5.83. The minimum atomic E-state index is -0.375. The lowest BCUT2D eigenvalue weighted by atomic mass is 9.97. The summed E-state index contributed by atoms with van der Waals surface area (Å²) in [7, 11) is 0. The fraction of sp³-hybridized carbons (Fsp3) is 0.611. The summed E-state index contributed by atoms with van der Waals surface area (Å²) < 4.78 is 0. The van der Waals surface area contributed by atoms with Gasteiger partial charge in [-0.15, -0.1) is 0 Å². The molecule has 0 radical (unpaired) electrons. The normalized spacial score (nSPS) is 23.4. The first-order valence-electron chi connectivity index (χ1n) is 8.43. The van der Waals surface area contributed by atoms with Gasteiger partial charge >= 0.3 is 0 Å². The van der Waals surface area contributed by atoms with E-state index >= 15 is 0 Å². The van der Waals surface area contributed by atoms with Crippen molar-refractivity contribution in [2.24, 2.45) is 5.73 Å². The molecule has 1 fully saturated rings. The minimum absolute atomic E-state index is 0.00718. The molecule has 2 rings (SSSR count). The molecule has 5 heteroatoms. The van der Waals surface area contributed by atoms with Crippen molar-refractivity contribution in [1.82, 2.24) is 10.2 Å². The Labute approximate surface area is 144 Å². The molecule has 1 saturated heterocycles. The molecule has 1 aromatic carbocycles. The Balaban J connectivity index is 1.78. The lowest BCUT2D eigenvalue weighted by Gasteiger charge is -2.38. The fourth-order valence-electron chi connectivity index (χ4n) is 3.09. The molecular formula is C18H29N3OS. The van der Waals surface area contributed by atoms with Crippen LogP contribution in [0.3, 0.4) is 0 Å². The number of carbonyl (C=O) groups is 1. The van der Waals surface area contributed by atoms with Crippen LogP contribution < -0.4 is 11.1 Å². The summed E-state index contributed by atoms with van der Waals surface area (Å²) in [6.07, 6.45) is 4.77. The van der Waals surface area contributed by atoms with E-state index in [0.717, 1.165) is 38.1 Å². The van der Waals surface area contributed by atoms with Gasteiger partial charge in [0.2, 0.25) is 5.91 Å². The van der Waals surface area contributed by atoms with Crippen molar-refractivity contribution in [3.05, 3.63) is 35.9 Å². The Hall–Kier alpha value is -1.04. The van der Waals surface area contributed by atoms with E-state index in [-0.39, 0.29) is 18.0 Å². The molecule has 0 aromatic heterocycles. The van der Waals surface area contributed by atoms with Gasteiger partial charge in [-0.3, -0.25) is 9.69 Å². The zero-order valence-corrected chi connectivity index (χ0v) is 15.0. The summed E-state index contributed by atoms with van der Waals surface area (Å²) in [5.74, 6) is 0.938. The summed E-state index contributed by atoms with van der Waals surface area (Å²) in [6, 6.07) is 10.9. The number of hydrogen-bond acceptors (Lipinski definition) is 4. The van der Waals surface area contributed by atoms with Crippen molar-refractivity contribution in [3.8, 4) is 0 Å². The first-order valence-corrected chi connectivity index (χ1v) is 9.82. The molecular weight excluding hydrogens is 306 g/mol. The van der Waals surface area contributed by atoms with E-state index < -0.39 is 0 Å². The van der Waals surface area contributed by atoms with Crippen LogP contribution in [0, 0.1) is 0 Å². The van der Waals surface area contributed by atoms with Gasteiger partial charge in [-0.25, -0.2) is 0 Å². The average Bonchev–Trinajstić information content (AvgIpc) is 2.56. The second-order valence-corrected chi connectivity index (χ2v) is 7.41. The zero-order chi connectivity index (χ0) is 16.7. The van der Waals surface area contributed by atoms with E-state index in [2.05, 4.69) is 47.5 Å². The molecule has 128 valence electrons. The number of amides is 1. The van der Waals surface area contributed by atoms with Crippen LogP contribution in [0.4, 0.5) is 0 Å². The van der Waals surface area contributed by atoms with Crippen LogP contribution in [0.2, 0.25) is 0 Å². The number of carbonyl (C=O) groups excluding carboxylic acids is 1. The quantitative estimate of drug-likeness (QED) is 0.802. The summed E-state index contributed by atoms with van der Waals surface area (Å²) in [5, 5.41) is 3.14. The van der Waals surface area contributed by atoms with E-state index in [9.17, 15) is 4.79 Å². The van der Waals surface area contributed by atoms with Crippen LogP contribution in [0.15, 0.2) is 30.3 Å². The highest BCUT2D eigenvalue weighted by Gasteiger charge is 2.27. The number of thioether (sulfide) groups is 1. The van der Waals surface area contributed by atoms with Gasteiger partial charge in [-0.05, 0) is 43.8 Å². The van der Waals surface area contributed by atoms with Crippen molar-refractivity contribution in [3.63, 3.8) is 0 Å². The van der Waals surface area contributed by atoms with Crippen LogP contribution >= 0.6 is 11.8 Å². The molecule has 0 bridgehead atoms. The molecule has 0 saturated carbocycles. The number of likely N-dealkylation sites (tertiary alicyclic amines) is 1. The molecule has 1 amide bonds. The predicted molar refractivity (Wildman–Crippen MR) is 98.5 cm³/mol. The second-order valence-electron chi connectivity index (χ2n) is 6.42. The highest BCUT2D eigenvalue weighted by Crippen LogP contribution is 2.20. The molecule has 3 atom stereocenters. The summed E-state index contributed by atoms with van der Waals surface area (Å²) >= 11 is 1.73. The Morgan fingerprint density at radius 3 is 2.83 bits per heavy atom. The summed E-state index contributed by atoms with van der Waals surface area (Å²) in [4.78, 5) is 14.6. The van der Waals surface area contributed by atoms with Gasteiger partial charge in [0.1, 0.15) is 0 Å². The minimum Gasteiger partial charge on any atom is -0.352 e. The Kier molecular flexibility index (Phi) is 7.40. The van der Waals surface area contributed by atoms with E-state index in [1.54, 1.807) is 11.8 Å². The van der Waals surface area contributed by atoms with Gasteiger partial charge in [-0.1, -0.05) is 30.3 Å². The van der Waals surface area contributed by atoms with Crippen LogP contribution in [0.5, 0.6) is 0 Å². The smallest absolute Gasteiger partial charge is 0.237 e. The molecule has 4 nitrogen and oxygen atoms in total. The predicted octanol–water partition coefficient (Wildman–Crippen LogP) is 2.24. The summed E-state index contributed by atoms with van der Waals surface area (Å²) in [6.45, 7) is 4.24. The Bertz CT molecular complexity index is 482. The van der Waals surface area contributed by atoms with Gasteiger partial charge in [0, 0.05) is 25.2 Å². The molecule has 1 aliphatic heterocycles. The topological polar surface area (TPSA) is 58.4 Å². The van der Waals surface area contributed by atoms with Gasteiger partial charge in [0.25, 0.3) is 0 Å². The molecule has 23 heavy (non-hydrogen) atoms. The number of benzene rings is 1. The van der Waals surface area contributed by atoms with Crippen LogP contribution in [0.25, 0.3) is 0 Å². The standard InChI is InChI=1S/C18H29N3OS/c1-14-12-16(20-18(22)17(19)9-11-23-2)8-10-21(14)13-15-6-4-3-5-7-15/h3-7,14,16-17H,8-13,19H2,1-2H3,(H,20,22)/t14?,16?,17-/m0/s1. The Morgan fingerprint density at radius 2 is 2.17 bits per heavy atom. The molecule has 2 unspecified atom stereocenters. The van der Waals surface area contributed by atoms with Crippen molar-refractivity contribution in [2.45, 2.75) is 50.9 Å². The number of piperidine rings is 1. The highest BCUT2D eigenvalue weighted by atomic mass is 32.2. The third-order valence-corrected chi connectivity index (χ3v) is 5.20. The van der Waals surface area contributed by atoms with Gasteiger partial charge in [0.15, 0.2) is 0 Å². The van der Waals surface area contributed by atoms with Gasteiger partial charge < -0.3 is 11.1 Å². The molecule has 1 aliphatic rings. The molecule has 3 N–H and O–H groups in total. The number of nitrogens with two attached hydrogens (primary N) is 1. The zero-order valence-electron chi connectivity index (χ0n) is 14.2. The molecule has 1 heterocycles. The molecule has 0 spiro atoms. The first-order chi connectivity index (χ1) is 11.1. The van der Waals surface area contributed by atoms with Gasteiger partial charge in [0.05, 0.1) is 6.04 Å². The SMILES string of the molecule is CSCC[C@H](N)C(=O)NC1CCN(Cc2ccccc2)C(C)C1. The van der Waals surface area contributed by atoms with E-state index in [1.807, 2.05) is 6.26 Å². The lowest BCUT2D eigenvalue weighted by Crippen LogP contribution is -2.52. The monoisotopic (exact) mass is 335 g/mol. The fourth-order valence-corrected chi connectivity index (χ4v) is 3.58. The molecule has 1 aromatic rings. The largest absolute Gasteiger partial charge is 0.352 e. The number of rotatable bonds is 7. The average molecular weight is 336 g/mol.